The molecule has 0 aliphatic heterocycles. The molecule has 0 bridgehead atoms. The molecule has 0 heterocycles. The van der Waals surface area contributed by atoms with E-state index in [9.17, 15) is 10.1 Å². The Hall–Kier alpha value is -1.33. The lowest BCUT2D eigenvalue weighted by Crippen LogP contribution is -2.09. The number of nitrogens with one attached hydrogen (secondary N) is 1. The fourth-order valence-corrected chi connectivity index (χ4v) is 1.10. The molecule has 0 atom stereocenters. The number of hydrazine groups is 1. The maximum absolute atomic E-state index is 10.5. The van der Waals surface area contributed by atoms with Crippen LogP contribution >= 0.6 is 11.6 Å². The fourth-order valence-electron chi connectivity index (χ4n) is 0.933. The van der Waals surface area contributed by atoms with Gasteiger partial charge in [-0.15, -0.1) is 0 Å². The number of hydrogen-bond acceptors (Lipinski definition) is 4. The van der Waals surface area contributed by atoms with Crippen LogP contribution in [0.15, 0.2) is 12.1 Å². The van der Waals surface area contributed by atoms with Gasteiger partial charge < -0.3 is 5.43 Å². The van der Waals surface area contributed by atoms with Gasteiger partial charge in [-0.25, -0.2) is 0 Å². The summed E-state index contributed by atoms with van der Waals surface area (Å²) in [5.41, 5.74) is 2.99. The molecule has 1 aromatic rings. The second kappa shape index (κ2) is 3.59. The molecule has 5 nitrogen and oxygen atoms in total. The van der Waals surface area contributed by atoms with Crippen molar-refractivity contribution in [3.63, 3.8) is 0 Å². The summed E-state index contributed by atoms with van der Waals surface area (Å²) in [6.45, 7) is 1.69. The molecule has 13 heavy (non-hydrogen) atoms. The Kier molecular flexibility index (Phi) is 2.69. The van der Waals surface area contributed by atoms with Crippen molar-refractivity contribution in [1.29, 1.82) is 0 Å². The minimum absolute atomic E-state index is 0.0793. The molecular weight excluding hydrogens is 194 g/mol. The summed E-state index contributed by atoms with van der Waals surface area (Å²) in [5, 5.41) is 11.0. The first kappa shape index (κ1) is 9.76. The van der Waals surface area contributed by atoms with E-state index in [0.717, 1.165) is 0 Å². The topological polar surface area (TPSA) is 81.2 Å². The molecule has 70 valence electrons. The molecule has 0 saturated carbocycles. The third-order valence-corrected chi connectivity index (χ3v) is 2.04. The summed E-state index contributed by atoms with van der Waals surface area (Å²) in [6.07, 6.45) is 0. The highest BCUT2D eigenvalue weighted by molar-refractivity contribution is 6.31. The molecule has 6 heteroatoms. The maximum atomic E-state index is 10.5. The van der Waals surface area contributed by atoms with Crippen LogP contribution < -0.4 is 11.3 Å². The molecular formula is C7H8ClN3O2. The van der Waals surface area contributed by atoms with E-state index < -0.39 is 4.92 Å². The van der Waals surface area contributed by atoms with Gasteiger partial charge in [-0.05, 0) is 18.6 Å². The number of nitrogens with two attached hydrogens (primary N) is 1. The predicted molar refractivity (Wildman–Crippen MR) is 50.7 cm³/mol. The van der Waals surface area contributed by atoms with Crippen molar-refractivity contribution < 1.29 is 4.92 Å². The zero-order chi connectivity index (χ0) is 10.0. The first-order valence-electron chi connectivity index (χ1n) is 3.47. The van der Waals surface area contributed by atoms with Crippen LogP contribution in [0, 0.1) is 17.0 Å². The number of nitro benzene ring substituents is 1. The Balaban J connectivity index is 3.33. The van der Waals surface area contributed by atoms with Crippen LogP contribution in [-0.4, -0.2) is 4.92 Å². The van der Waals surface area contributed by atoms with Crippen molar-refractivity contribution in [2.24, 2.45) is 5.84 Å². The molecule has 0 aliphatic carbocycles. The number of aryl methyl sites for hydroxylation is 1. The number of nitrogens with zero attached hydrogens (tertiary/aromatic N) is 1. The van der Waals surface area contributed by atoms with Crippen molar-refractivity contribution >= 4 is 23.0 Å². The van der Waals surface area contributed by atoms with Gasteiger partial charge in [0, 0.05) is 11.1 Å². The van der Waals surface area contributed by atoms with Crippen LogP contribution in [0.2, 0.25) is 5.02 Å². The van der Waals surface area contributed by atoms with Gasteiger partial charge in [0.1, 0.15) is 5.69 Å². The highest BCUT2D eigenvalue weighted by Crippen LogP contribution is 2.29. The van der Waals surface area contributed by atoms with Crippen LogP contribution in [0.1, 0.15) is 5.56 Å². The van der Waals surface area contributed by atoms with Crippen LogP contribution in [0.25, 0.3) is 0 Å². The molecule has 0 fully saturated rings. The second-order valence-electron chi connectivity index (χ2n) is 2.52. The van der Waals surface area contributed by atoms with Crippen molar-refractivity contribution in [3.8, 4) is 0 Å². The van der Waals surface area contributed by atoms with E-state index in [4.69, 9.17) is 17.4 Å². The Morgan fingerprint density at radius 1 is 1.62 bits per heavy atom. The zero-order valence-electron chi connectivity index (χ0n) is 6.87. The number of benzene rings is 1. The lowest BCUT2D eigenvalue weighted by molar-refractivity contribution is -0.384. The summed E-state index contributed by atoms with van der Waals surface area (Å²) < 4.78 is 0. The van der Waals surface area contributed by atoms with Gasteiger partial charge in [0.15, 0.2) is 0 Å². The third-order valence-electron chi connectivity index (χ3n) is 1.63. The van der Waals surface area contributed by atoms with Crippen molar-refractivity contribution in [2.45, 2.75) is 6.92 Å². The summed E-state index contributed by atoms with van der Waals surface area (Å²) in [6, 6.07) is 2.80. The van der Waals surface area contributed by atoms with Gasteiger partial charge in [-0.3, -0.25) is 16.0 Å². The minimum Gasteiger partial charge on any atom is -0.318 e. The summed E-state index contributed by atoms with van der Waals surface area (Å²) in [5.74, 6) is 5.09. The summed E-state index contributed by atoms with van der Waals surface area (Å²) in [7, 11) is 0. The molecule has 0 unspecified atom stereocenters. The smallest absolute Gasteiger partial charge is 0.294 e. The second-order valence-corrected chi connectivity index (χ2v) is 2.93. The monoisotopic (exact) mass is 201 g/mol. The average molecular weight is 202 g/mol. The lowest BCUT2D eigenvalue weighted by Gasteiger charge is -2.04. The highest BCUT2D eigenvalue weighted by Gasteiger charge is 2.14. The van der Waals surface area contributed by atoms with E-state index in [1.807, 2.05) is 0 Å². The predicted octanol–water partition coefficient (Wildman–Crippen LogP) is 1.84. The van der Waals surface area contributed by atoms with Gasteiger partial charge in [0.25, 0.3) is 5.69 Å². The van der Waals surface area contributed by atoms with Crippen molar-refractivity contribution in [1.82, 2.24) is 0 Å². The van der Waals surface area contributed by atoms with E-state index >= 15 is 0 Å². The van der Waals surface area contributed by atoms with Crippen LogP contribution in [-0.2, 0) is 0 Å². The summed E-state index contributed by atoms with van der Waals surface area (Å²) in [4.78, 5) is 10.00. The molecule has 0 spiro atoms. The zero-order valence-corrected chi connectivity index (χ0v) is 7.63. The molecule has 1 rings (SSSR count). The number of rotatable bonds is 2. The van der Waals surface area contributed by atoms with Gasteiger partial charge in [-0.1, -0.05) is 11.6 Å². The van der Waals surface area contributed by atoms with E-state index in [1.165, 1.54) is 12.1 Å². The Morgan fingerprint density at radius 2 is 2.23 bits per heavy atom. The first-order valence-corrected chi connectivity index (χ1v) is 3.85. The van der Waals surface area contributed by atoms with E-state index in [0.29, 0.717) is 10.6 Å². The quantitative estimate of drug-likeness (QED) is 0.435. The maximum Gasteiger partial charge on any atom is 0.294 e. The van der Waals surface area contributed by atoms with Crippen molar-refractivity contribution in [3.05, 3.63) is 32.8 Å². The normalized spacial score (nSPS) is 9.77. The number of nitrogen functional groups attached to an aromatic ring is 1. The molecule has 1 aromatic carbocycles. The standard InChI is InChI=1S/C7H8ClN3O2/c1-4-2-7(11(12)13)6(10-9)3-5(4)8/h2-3,10H,9H2,1H3. The van der Waals surface area contributed by atoms with E-state index in [-0.39, 0.29) is 11.4 Å². The van der Waals surface area contributed by atoms with E-state index in [2.05, 4.69) is 5.43 Å². The van der Waals surface area contributed by atoms with Gasteiger partial charge >= 0.3 is 0 Å². The van der Waals surface area contributed by atoms with Crippen LogP contribution in [0.5, 0.6) is 0 Å². The van der Waals surface area contributed by atoms with Crippen LogP contribution in [0.3, 0.4) is 0 Å². The first-order chi connectivity index (χ1) is 6.06. The number of hydrogen-bond donors (Lipinski definition) is 2. The third kappa shape index (κ3) is 1.88. The van der Waals surface area contributed by atoms with Gasteiger partial charge in [0.05, 0.1) is 4.92 Å². The SMILES string of the molecule is Cc1cc([N+](=O)[O-])c(NN)cc1Cl. The fraction of sp³-hybridized carbons (Fsp3) is 0.143. The number of nitro groups is 1. The molecule has 3 N–H and O–H groups in total. The lowest BCUT2D eigenvalue weighted by atomic mass is 10.2. The van der Waals surface area contributed by atoms with E-state index in [1.54, 1.807) is 6.92 Å². The highest BCUT2D eigenvalue weighted by atomic mass is 35.5. The Labute approximate surface area is 79.6 Å². The Morgan fingerprint density at radius 3 is 2.69 bits per heavy atom. The number of anilines is 1. The van der Waals surface area contributed by atoms with Crippen molar-refractivity contribution in [2.75, 3.05) is 5.43 Å². The molecule has 0 aliphatic rings. The molecule has 0 amide bonds. The molecule has 0 saturated heterocycles. The average Bonchev–Trinajstić information content (AvgIpc) is 2.08. The van der Waals surface area contributed by atoms with Crippen LogP contribution in [0.4, 0.5) is 11.4 Å². The molecule has 0 aromatic heterocycles. The largest absolute Gasteiger partial charge is 0.318 e. The Bertz CT molecular complexity index is 354. The number of halogens is 1. The minimum atomic E-state index is -0.515. The summed E-state index contributed by atoms with van der Waals surface area (Å²) >= 11 is 5.75. The molecule has 0 radical (unpaired) electrons. The van der Waals surface area contributed by atoms with Gasteiger partial charge in [0.2, 0.25) is 0 Å². The van der Waals surface area contributed by atoms with Gasteiger partial charge in [-0.2, -0.15) is 0 Å².